The maximum atomic E-state index is 13.0. The second-order valence-corrected chi connectivity index (χ2v) is 15.8. The number of aliphatic hydroxyl groups excluding tert-OH is 2. The van der Waals surface area contributed by atoms with Crippen LogP contribution in [0.1, 0.15) is 129 Å². The molecule has 0 bridgehead atoms. The molecule has 17 heteroatoms. The molecular weight excluding hydrogens is 735 g/mol. The summed E-state index contributed by atoms with van der Waals surface area (Å²) >= 11 is 0. The SMILES string of the molecule is CCCCCCCC/C=C\CCCCCCCCO[C@H]1C[C@H](COS(=O)(=O)OC)[C@@H](O)[C@H](O)[C@H]1NC(=O)CCCCCNc1ccc([N+](=O)[O-])c2nonc12. The number of fused-ring (bicyclic) bond motifs is 1. The number of hydrogen-bond donors (Lipinski definition) is 4. The van der Waals surface area contributed by atoms with Gasteiger partial charge in [0.25, 0.3) is 0 Å². The van der Waals surface area contributed by atoms with Crippen molar-refractivity contribution in [2.24, 2.45) is 5.92 Å². The lowest BCUT2D eigenvalue weighted by Crippen LogP contribution is -2.62. The van der Waals surface area contributed by atoms with Gasteiger partial charge < -0.3 is 25.6 Å². The Balaban J connectivity index is 1.38. The van der Waals surface area contributed by atoms with E-state index in [9.17, 15) is 33.5 Å². The van der Waals surface area contributed by atoms with E-state index in [4.69, 9.17) is 13.5 Å². The Morgan fingerprint density at radius 1 is 0.927 bits per heavy atom. The molecule has 1 aromatic heterocycles. The number of amides is 1. The van der Waals surface area contributed by atoms with Crippen molar-refractivity contribution in [1.82, 2.24) is 15.6 Å². The van der Waals surface area contributed by atoms with Crippen molar-refractivity contribution in [2.45, 2.75) is 153 Å². The number of ether oxygens (including phenoxy) is 1. The highest BCUT2D eigenvalue weighted by Gasteiger charge is 2.45. The van der Waals surface area contributed by atoms with Crippen LogP contribution in [0.4, 0.5) is 11.4 Å². The van der Waals surface area contributed by atoms with E-state index in [1.54, 1.807) is 6.07 Å². The molecule has 0 saturated heterocycles. The molecule has 312 valence electrons. The lowest BCUT2D eigenvalue weighted by molar-refractivity contribution is -0.383. The molecule has 4 N–H and O–H groups in total. The third-order valence-corrected chi connectivity index (χ3v) is 10.9. The van der Waals surface area contributed by atoms with Crippen LogP contribution in [-0.4, -0.2) is 91.0 Å². The van der Waals surface area contributed by atoms with E-state index in [1.807, 2.05) is 0 Å². The molecule has 2 aromatic rings. The summed E-state index contributed by atoms with van der Waals surface area (Å²) in [5.74, 6) is -1.08. The molecule has 1 fully saturated rings. The number of hydrogen-bond acceptors (Lipinski definition) is 14. The van der Waals surface area contributed by atoms with E-state index in [0.717, 1.165) is 39.2 Å². The summed E-state index contributed by atoms with van der Waals surface area (Å²) in [6, 6.07) is 1.99. The molecule has 1 amide bonds. The third-order valence-electron chi connectivity index (χ3n) is 10.1. The Morgan fingerprint density at radius 2 is 1.56 bits per heavy atom. The molecule has 1 aromatic carbocycles. The molecule has 0 radical (unpaired) electrons. The van der Waals surface area contributed by atoms with Crippen LogP contribution in [0.25, 0.3) is 11.0 Å². The van der Waals surface area contributed by atoms with Crippen LogP contribution in [0.15, 0.2) is 28.9 Å². The van der Waals surface area contributed by atoms with Gasteiger partial charge >= 0.3 is 16.1 Å². The van der Waals surface area contributed by atoms with E-state index in [0.29, 0.717) is 38.1 Å². The zero-order valence-corrected chi connectivity index (χ0v) is 33.4. The maximum absolute atomic E-state index is 13.0. The van der Waals surface area contributed by atoms with Crippen molar-refractivity contribution >= 4 is 38.7 Å². The number of unbranched alkanes of at least 4 members (excludes halogenated alkanes) is 14. The number of carbonyl (C=O) groups excluding carboxylic acids is 1. The molecule has 3 rings (SSSR count). The summed E-state index contributed by atoms with van der Waals surface area (Å²) in [6.07, 6.45) is 20.0. The fraction of sp³-hybridized carbons (Fsp3) is 0.763. The van der Waals surface area contributed by atoms with Gasteiger partial charge in [-0.2, -0.15) is 8.42 Å². The zero-order chi connectivity index (χ0) is 39.9. The predicted molar refractivity (Wildman–Crippen MR) is 209 cm³/mol. The number of nitro groups is 1. The average Bonchev–Trinajstić information content (AvgIpc) is 3.67. The Labute approximate surface area is 325 Å². The highest BCUT2D eigenvalue weighted by atomic mass is 32.3. The van der Waals surface area contributed by atoms with Gasteiger partial charge in [0.15, 0.2) is 5.52 Å². The molecule has 0 spiro atoms. The number of rotatable bonds is 30. The molecule has 0 aliphatic heterocycles. The van der Waals surface area contributed by atoms with Crippen LogP contribution in [0.2, 0.25) is 0 Å². The average molecular weight is 798 g/mol. The molecule has 1 aliphatic carbocycles. The van der Waals surface area contributed by atoms with E-state index < -0.39 is 52.2 Å². The van der Waals surface area contributed by atoms with Gasteiger partial charge in [-0.05, 0) is 67.7 Å². The minimum absolute atomic E-state index is 0.0610. The monoisotopic (exact) mass is 797 g/mol. The number of nitrogens with zero attached hydrogens (tertiary/aromatic N) is 3. The van der Waals surface area contributed by atoms with Crippen LogP contribution >= 0.6 is 0 Å². The first-order valence-electron chi connectivity index (χ1n) is 20.1. The van der Waals surface area contributed by atoms with Gasteiger partial charge in [0.2, 0.25) is 11.4 Å². The first-order valence-corrected chi connectivity index (χ1v) is 21.4. The van der Waals surface area contributed by atoms with Crippen molar-refractivity contribution in [3.63, 3.8) is 0 Å². The predicted octanol–water partition coefficient (Wildman–Crippen LogP) is 6.66. The molecule has 1 heterocycles. The number of carbonyl (C=O) groups is 1. The lowest BCUT2D eigenvalue weighted by atomic mass is 9.79. The Kier molecular flexibility index (Phi) is 21.7. The number of nitro benzene ring substituents is 1. The summed E-state index contributed by atoms with van der Waals surface area (Å²) in [6.45, 7) is 2.74. The fourth-order valence-corrected chi connectivity index (χ4v) is 7.27. The maximum Gasteiger partial charge on any atom is 0.399 e. The summed E-state index contributed by atoms with van der Waals surface area (Å²) in [4.78, 5) is 23.7. The van der Waals surface area contributed by atoms with Crippen molar-refractivity contribution in [1.29, 1.82) is 0 Å². The molecule has 1 saturated carbocycles. The van der Waals surface area contributed by atoms with Crippen LogP contribution < -0.4 is 10.6 Å². The van der Waals surface area contributed by atoms with Gasteiger partial charge in [0.05, 0.1) is 42.6 Å². The van der Waals surface area contributed by atoms with Gasteiger partial charge in [0, 0.05) is 31.6 Å². The molecule has 55 heavy (non-hydrogen) atoms. The first kappa shape index (κ1) is 46.2. The van der Waals surface area contributed by atoms with Crippen LogP contribution in [-0.2, 0) is 28.3 Å². The van der Waals surface area contributed by atoms with Gasteiger partial charge in [0.1, 0.15) is 6.10 Å². The number of allylic oxidation sites excluding steroid dienone is 2. The zero-order valence-electron chi connectivity index (χ0n) is 32.6. The number of benzene rings is 1. The fourth-order valence-electron chi connectivity index (χ4n) is 6.83. The highest BCUT2D eigenvalue weighted by molar-refractivity contribution is 7.81. The van der Waals surface area contributed by atoms with Crippen molar-refractivity contribution in [3.05, 3.63) is 34.4 Å². The van der Waals surface area contributed by atoms with Crippen molar-refractivity contribution < 1.29 is 46.1 Å². The summed E-state index contributed by atoms with van der Waals surface area (Å²) in [5.41, 5.74) is 0.680. The molecular formula is C38H63N5O11S. The van der Waals surface area contributed by atoms with E-state index in [-0.39, 0.29) is 35.5 Å². The van der Waals surface area contributed by atoms with Gasteiger partial charge in [-0.1, -0.05) is 83.3 Å². The quantitative estimate of drug-likeness (QED) is 0.0281. The molecule has 1 aliphatic rings. The second-order valence-electron chi connectivity index (χ2n) is 14.4. The lowest BCUT2D eigenvalue weighted by Gasteiger charge is -2.42. The molecule has 0 unspecified atom stereocenters. The van der Waals surface area contributed by atoms with E-state index in [2.05, 4.69) is 44.2 Å². The van der Waals surface area contributed by atoms with E-state index >= 15 is 0 Å². The normalized spacial score (nSPS) is 20.3. The van der Waals surface area contributed by atoms with Crippen molar-refractivity contribution in [3.8, 4) is 0 Å². The van der Waals surface area contributed by atoms with Crippen LogP contribution in [0.5, 0.6) is 0 Å². The Morgan fingerprint density at radius 3 is 2.24 bits per heavy atom. The van der Waals surface area contributed by atoms with Crippen LogP contribution in [0.3, 0.4) is 0 Å². The molecule has 16 nitrogen and oxygen atoms in total. The largest absolute Gasteiger partial charge is 0.399 e. The van der Waals surface area contributed by atoms with Crippen LogP contribution in [0, 0.1) is 16.0 Å². The minimum atomic E-state index is -4.25. The number of anilines is 1. The summed E-state index contributed by atoms with van der Waals surface area (Å²) in [5, 5.41) is 46.6. The number of aliphatic hydroxyl groups is 2. The van der Waals surface area contributed by atoms with Crippen molar-refractivity contribution in [2.75, 3.05) is 32.2 Å². The van der Waals surface area contributed by atoms with E-state index in [1.165, 1.54) is 63.9 Å². The molecule has 5 atom stereocenters. The topological polar surface area (TPSA) is 225 Å². The highest BCUT2D eigenvalue weighted by Crippen LogP contribution is 2.30. The van der Waals surface area contributed by atoms with Gasteiger partial charge in [-0.25, -0.2) is 8.81 Å². The summed E-state index contributed by atoms with van der Waals surface area (Å²) < 4.78 is 43.6. The Hall–Kier alpha value is -3.22. The Bertz CT molecular complexity index is 1540. The van der Waals surface area contributed by atoms with Gasteiger partial charge in [-0.15, -0.1) is 0 Å². The summed E-state index contributed by atoms with van der Waals surface area (Å²) in [7, 11) is -3.28. The number of nitrogens with one attached hydrogen (secondary N) is 2. The second kappa shape index (κ2) is 25.8. The van der Waals surface area contributed by atoms with Gasteiger partial charge in [-0.3, -0.25) is 19.1 Å². The standard InChI is InChI=1S/C38H63N5O11S/c1-3-4-5-6-7-8-9-10-11-12-13-14-15-16-17-21-26-52-32-27-29(28-53-55(49,50)51-2)37(45)38(46)36(32)40-33(44)22-19-18-20-25-39-30-23-24-31(43(47)48)35-34(30)41-54-42-35/h10-11,23-24,29,32,36-39,45-46H,3-9,12-22,25-28H2,1-2H3,(H,40,44)/b11-10-/t29-,32+,36+,37-,38-/m1/s1. The third kappa shape index (κ3) is 16.8. The first-order chi connectivity index (χ1) is 26.6. The number of aromatic nitrogens is 2. The smallest absolute Gasteiger partial charge is 0.390 e. The number of non-ortho nitro benzene ring substituents is 1. The minimum Gasteiger partial charge on any atom is -0.390 e.